The van der Waals surface area contributed by atoms with E-state index < -0.39 is 0 Å². The van der Waals surface area contributed by atoms with E-state index in [1.54, 1.807) is 7.11 Å². The molecule has 0 aromatic carbocycles. The molecule has 5 heterocycles. The van der Waals surface area contributed by atoms with Crippen molar-refractivity contribution in [1.29, 1.82) is 0 Å². The second-order valence-corrected chi connectivity index (χ2v) is 11.4. The van der Waals surface area contributed by atoms with Crippen LogP contribution in [0.25, 0.3) is 10.9 Å². The van der Waals surface area contributed by atoms with E-state index in [1.807, 2.05) is 17.3 Å². The lowest BCUT2D eigenvalue weighted by atomic mass is 9.89. The van der Waals surface area contributed by atoms with E-state index in [9.17, 15) is 4.79 Å². The molecule has 0 bridgehead atoms. The zero-order chi connectivity index (χ0) is 28.0. The number of ether oxygens (including phenoxy) is 1. The van der Waals surface area contributed by atoms with Crippen LogP contribution in [-0.4, -0.2) is 95.2 Å². The molecule has 220 valence electrons. The maximum Gasteiger partial charge on any atom is 0.317 e. The van der Waals surface area contributed by atoms with E-state index in [4.69, 9.17) is 14.7 Å². The number of nitrogens with zero attached hydrogens (tertiary/aromatic N) is 8. The van der Waals surface area contributed by atoms with Crippen molar-refractivity contribution in [3.05, 3.63) is 24.5 Å². The van der Waals surface area contributed by atoms with Gasteiger partial charge in [-0.3, -0.25) is 4.68 Å². The van der Waals surface area contributed by atoms with Gasteiger partial charge >= 0.3 is 6.03 Å². The number of hydrogen-bond acceptors (Lipinski definition) is 9. The third-order valence-corrected chi connectivity index (χ3v) is 8.52. The van der Waals surface area contributed by atoms with Crippen LogP contribution in [0.2, 0.25) is 0 Å². The number of anilines is 4. The summed E-state index contributed by atoms with van der Waals surface area (Å²) in [7, 11) is 1.63. The zero-order valence-corrected chi connectivity index (χ0v) is 24.1. The van der Waals surface area contributed by atoms with Crippen molar-refractivity contribution in [2.24, 2.45) is 5.92 Å². The largest absolute Gasteiger partial charge is 0.383 e. The van der Waals surface area contributed by atoms with Crippen LogP contribution in [0, 0.1) is 5.92 Å². The second-order valence-electron chi connectivity index (χ2n) is 11.4. The van der Waals surface area contributed by atoms with E-state index >= 15 is 0 Å². The average molecular weight is 563 g/mol. The highest BCUT2D eigenvalue weighted by atomic mass is 16.5. The number of rotatable bonds is 9. The summed E-state index contributed by atoms with van der Waals surface area (Å²) in [6, 6.07) is 4.10. The number of piperazine rings is 1. The summed E-state index contributed by atoms with van der Waals surface area (Å²) in [6.07, 6.45) is 12.7. The molecule has 6 rings (SSSR count). The minimum absolute atomic E-state index is 0.0475. The smallest absolute Gasteiger partial charge is 0.317 e. The Morgan fingerprint density at radius 2 is 1.66 bits per heavy atom. The number of pyridine rings is 1. The highest BCUT2D eigenvalue weighted by molar-refractivity contribution is 5.81. The normalized spacial score (nSPS) is 18.3. The molecule has 1 saturated carbocycles. The SMILES string of the molecule is COCCNC(=O)N1CCN(c2cc(N3CCCC3)nc(Nc3cc4c(cn3)cnn4CC3CCCCC3)n2)CC1. The molecule has 1 aliphatic carbocycles. The number of hydrogen-bond donors (Lipinski definition) is 2. The molecule has 12 heteroatoms. The number of amides is 2. The van der Waals surface area contributed by atoms with Crippen molar-refractivity contribution in [3.63, 3.8) is 0 Å². The van der Waals surface area contributed by atoms with Crippen LogP contribution in [0.5, 0.6) is 0 Å². The van der Waals surface area contributed by atoms with Crippen molar-refractivity contribution >= 4 is 40.3 Å². The van der Waals surface area contributed by atoms with Crippen molar-refractivity contribution < 1.29 is 9.53 Å². The van der Waals surface area contributed by atoms with Gasteiger partial charge in [-0.2, -0.15) is 15.1 Å². The Bertz CT molecular complexity index is 1310. The summed E-state index contributed by atoms with van der Waals surface area (Å²) in [6.45, 7) is 6.64. The minimum atomic E-state index is -0.0475. The Morgan fingerprint density at radius 3 is 2.39 bits per heavy atom. The van der Waals surface area contributed by atoms with E-state index in [0.717, 1.165) is 42.2 Å². The van der Waals surface area contributed by atoms with Gasteiger partial charge in [-0.15, -0.1) is 0 Å². The predicted molar refractivity (Wildman–Crippen MR) is 160 cm³/mol. The first-order chi connectivity index (χ1) is 20.2. The molecule has 3 fully saturated rings. The van der Waals surface area contributed by atoms with Crippen LogP contribution in [0.15, 0.2) is 24.5 Å². The Labute approximate surface area is 241 Å². The molecule has 0 radical (unpaired) electrons. The van der Waals surface area contributed by atoms with Gasteiger partial charge in [0.2, 0.25) is 5.95 Å². The molecule has 41 heavy (non-hydrogen) atoms. The van der Waals surface area contributed by atoms with Crippen LogP contribution in [0.4, 0.5) is 28.2 Å². The molecule has 0 atom stereocenters. The molecule has 2 aliphatic heterocycles. The van der Waals surface area contributed by atoms with Gasteiger partial charge < -0.3 is 30.1 Å². The third-order valence-electron chi connectivity index (χ3n) is 8.52. The summed E-state index contributed by atoms with van der Waals surface area (Å²) in [5.41, 5.74) is 1.09. The highest BCUT2D eigenvalue weighted by Gasteiger charge is 2.24. The van der Waals surface area contributed by atoms with Crippen molar-refractivity contribution in [2.75, 3.05) is 74.6 Å². The Balaban J connectivity index is 1.19. The summed E-state index contributed by atoms with van der Waals surface area (Å²) >= 11 is 0. The van der Waals surface area contributed by atoms with Gasteiger partial charge in [-0.1, -0.05) is 19.3 Å². The fraction of sp³-hybridized carbons (Fsp3) is 0.621. The molecule has 0 spiro atoms. The fourth-order valence-electron chi connectivity index (χ4n) is 6.17. The summed E-state index contributed by atoms with van der Waals surface area (Å²) in [5, 5.41) is 12.0. The number of aromatic nitrogens is 5. The van der Waals surface area contributed by atoms with Crippen LogP contribution >= 0.6 is 0 Å². The highest BCUT2D eigenvalue weighted by Crippen LogP contribution is 2.29. The zero-order valence-electron chi connectivity index (χ0n) is 24.1. The lowest BCUT2D eigenvalue weighted by molar-refractivity contribution is 0.177. The number of urea groups is 1. The van der Waals surface area contributed by atoms with Gasteiger partial charge in [0.05, 0.1) is 18.3 Å². The first-order valence-electron chi connectivity index (χ1n) is 15.2. The van der Waals surface area contributed by atoms with Gasteiger partial charge in [0.25, 0.3) is 0 Å². The fourth-order valence-corrected chi connectivity index (χ4v) is 6.17. The lowest BCUT2D eigenvalue weighted by Crippen LogP contribution is -2.52. The van der Waals surface area contributed by atoms with Gasteiger partial charge in [-0.25, -0.2) is 9.78 Å². The molecule has 2 amide bonds. The molecule has 2 saturated heterocycles. The van der Waals surface area contributed by atoms with Gasteiger partial charge in [-0.05, 0) is 31.6 Å². The molecule has 3 aromatic heterocycles. The molecule has 0 unspecified atom stereocenters. The van der Waals surface area contributed by atoms with Gasteiger partial charge in [0.1, 0.15) is 17.5 Å². The van der Waals surface area contributed by atoms with Crippen LogP contribution in [-0.2, 0) is 11.3 Å². The lowest BCUT2D eigenvalue weighted by Gasteiger charge is -2.35. The molecule has 12 nitrogen and oxygen atoms in total. The molecule has 2 N–H and O–H groups in total. The maximum absolute atomic E-state index is 12.5. The second kappa shape index (κ2) is 12.9. The molecular formula is C29H42N10O2. The van der Waals surface area contributed by atoms with Crippen LogP contribution in [0.1, 0.15) is 44.9 Å². The number of carbonyl (C=O) groups excluding carboxylic acids is 1. The molecular weight excluding hydrogens is 520 g/mol. The first kappa shape index (κ1) is 27.5. The first-order valence-corrected chi connectivity index (χ1v) is 15.2. The average Bonchev–Trinajstić information content (AvgIpc) is 3.69. The molecule has 3 aromatic rings. The maximum atomic E-state index is 12.5. The standard InChI is InChI=1S/C29H42N10O2/c1-41-16-9-30-29(40)38-14-12-37(13-15-38)27-18-26(36-10-5-6-11-36)34-28(35-27)33-25-17-24-23(19-31-25)20-32-39(24)21-22-7-3-2-4-8-22/h17-20,22H,2-16,21H2,1H3,(H,30,40)(H,31,33,34,35). The van der Waals surface area contributed by atoms with Crippen molar-refractivity contribution in [1.82, 2.24) is 34.9 Å². The predicted octanol–water partition coefficient (Wildman–Crippen LogP) is 3.62. The Hall–Kier alpha value is -3.67. The number of nitrogens with one attached hydrogen (secondary N) is 2. The third kappa shape index (κ3) is 6.64. The number of carbonyl (C=O) groups is 1. The van der Waals surface area contributed by atoms with Crippen molar-refractivity contribution in [3.8, 4) is 0 Å². The Kier molecular flexibility index (Phi) is 8.64. The summed E-state index contributed by atoms with van der Waals surface area (Å²) in [4.78, 5) is 33.4. The van der Waals surface area contributed by atoms with E-state index in [2.05, 4.69) is 47.3 Å². The van der Waals surface area contributed by atoms with Crippen LogP contribution in [0.3, 0.4) is 0 Å². The van der Waals surface area contributed by atoms with E-state index in [1.165, 1.54) is 44.9 Å². The summed E-state index contributed by atoms with van der Waals surface area (Å²) in [5.74, 6) is 3.74. The van der Waals surface area contributed by atoms with E-state index in [0.29, 0.717) is 57.0 Å². The van der Waals surface area contributed by atoms with Gasteiger partial charge in [0.15, 0.2) is 0 Å². The quantitative estimate of drug-likeness (QED) is 0.377. The van der Waals surface area contributed by atoms with Gasteiger partial charge in [0, 0.05) is 83.2 Å². The summed E-state index contributed by atoms with van der Waals surface area (Å²) < 4.78 is 7.18. The van der Waals surface area contributed by atoms with E-state index in [-0.39, 0.29) is 6.03 Å². The minimum Gasteiger partial charge on any atom is -0.383 e. The van der Waals surface area contributed by atoms with Crippen molar-refractivity contribution in [2.45, 2.75) is 51.5 Å². The Morgan fingerprint density at radius 1 is 0.927 bits per heavy atom. The topological polar surface area (TPSA) is 117 Å². The number of fused-ring (bicyclic) bond motifs is 1. The number of methoxy groups -OCH3 is 1. The molecule has 3 aliphatic rings. The van der Waals surface area contributed by atoms with Crippen LogP contribution < -0.4 is 20.4 Å². The monoisotopic (exact) mass is 562 g/mol.